The number of fused-ring (bicyclic) bond motifs is 2. The molecule has 2 bridgehead atoms. The van der Waals surface area contributed by atoms with Crippen LogP contribution in [0.2, 0.25) is 0 Å². The first kappa shape index (κ1) is 17.4. The highest BCUT2D eigenvalue weighted by molar-refractivity contribution is 7.80. The number of hydrogen-bond acceptors (Lipinski definition) is 6. The van der Waals surface area contributed by atoms with Crippen molar-refractivity contribution in [2.24, 2.45) is 10.7 Å². The van der Waals surface area contributed by atoms with Crippen molar-refractivity contribution >= 4 is 22.3 Å². The quantitative estimate of drug-likeness (QED) is 0.390. The average molecular weight is 361 g/mol. The molecule has 24 heavy (non-hydrogen) atoms. The number of nitrogens with two attached hydrogens (primary N) is 1. The SMILES string of the molecule is CN1CCC[C@@H](N=C(N)[C@@H]2CC[C@@H]3CN2C(=O)N3OS(=O)(=O)O)C1. The Morgan fingerprint density at radius 3 is 2.75 bits per heavy atom. The lowest BCUT2D eigenvalue weighted by Crippen LogP contribution is -2.49. The number of nitrogens with zero attached hydrogens (tertiary/aromatic N) is 4. The Labute approximate surface area is 141 Å². The van der Waals surface area contributed by atoms with Gasteiger partial charge in [-0.3, -0.25) is 9.55 Å². The molecule has 0 spiro atoms. The zero-order valence-corrected chi connectivity index (χ0v) is 14.4. The molecule has 3 aliphatic rings. The van der Waals surface area contributed by atoms with E-state index in [9.17, 15) is 13.2 Å². The molecular weight excluding hydrogens is 338 g/mol. The number of piperidine rings is 2. The van der Waals surface area contributed by atoms with Crippen LogP contribution in [0.4, 0.5) is 4.79 Å². The number of urea groups is 1. The maximum absolute atomic E-state index is 12.4. The molecule has 3 heterocycles. The highest BCUT2D eigenvalue weighted by Gasteiger charge is 2.48. The minimum absolute atomic E-state index is 0.115. The van der Waals surface area contributed by atoms with E-state index in [0.29, 0.717) is 25.2 Å². The number of carbonyl (C=O) groups is 1. The van der Waals surface area contributed by atoms with Crippen molar-refractivity contribution in [1.82, 2.24) is 14.9 Å². The zero-order valence-electron chi connectivity index (χ0n) is 13.5. The van der Waals surface area contributed by atoms with E-state index in [1.165, 1.54) is 4.90 Å². The maximum Gasteiger partial charge on any atom is 0.418 e. The van der Waals surface area contributed by atoms with Gasteiger partial charge in [0.1, 0.15) is 5.84 Å². The monoisotopic (exact) mass is 361 g/mol. The molecule has 0 saturated carbocycles. The van der Waals surface area contributed by atoms with E-state index in [1.807, 2.05) is 7.05 Å². The van der Waals surface area contributed by atoms with Crippen LogP contribution in [0.15, 0.2) is 4.99 Å². The van der Waals surface area contributed by atoms with Crippen molar-refractivity contribution in [3.8, 4) is 0 Å². The minimum atomic E-state index is -4.73. The van der Waals surface area contributed by atoms with E-state index in [4.69, 9.17) is 10.3 Å². The number of carbonyl (C=O) groups excluding carboxylic acids is 1. The van der Waals surface area contributed by atoms with Gasteiger partial charge in [0.05, 0.1) is 18.1 Å². The first-order chi connectivity index (χ1) is 11.2. The van der Waals surface area contributed by atoms with Crippen molar-refractivity contribution in [3.63, 3.8) is 0 Å². The normalized spacial score (nSPS) is 32.5. The van der Waals surface area contributed by atoms with E-state index >= 15 is 0 Å². The molecule has 0 aromatic rings. The van der Waals surface area contributed by atoms with E-state index < -0.39 is 22.5 Å². The second-order valence-electron chi connectivity index (χ2n) is 6.62. The number of amides is 2. The fourth-order valence-corrected chi connectivity index (χ4v) is 4.07. The minimum Gasteiger partial charge on any atom is -0.386 e. The number of hydrogen-bond donors (Lipinski definition) is 2. The Balaban J connectivity index is 1.71. The van der Waals surface area contributed by atoms with E-state index in [2.05, 4.69) is 14.2 Å². The lowest BCUT2D eigenvalue weighted by molar-refractivity contribution is -0.0316. The van der Waals surface area contributed by atoms with Crippen molar-refractivity contribution in [2.45, 2.75) is 43.8 Å². The van der Waals surface area contributed by atoms with Crippen LogP contribution in [0.1, 0.15) is 25.7 Å². The molecule has 0 unspecified atom stereocenters. The Bertz CT molecular complexity index is 639. The van der Waals surface area contributed by atoms with Gasteiger partial charge < -0.3 is 15.5 Å². The van der Waals surface area contributed by atoms with Gasteiger partial charge in [0.15, 0.2) is 0 Å². The molecule has 3 N–H and O–H groups in total. The van der Waals surface area contributed by atoms with Gasteiger partial charge in [-0.1, -0.05) is 0 Å². The summed E-state index contributed by atoms with van der Waals surface area (Å²) in [6.45, 7) is 2.19. The predicted molar refractivity (Wildman–Crippen MR) is 85.5 cm³/mol. The number of likely N-dealkylation sites (N-methyl/N-ethyl adjacent to an activating group) is 1. The van der Waals surface area contributed by atoms with E-state index in [1.54, 1.807) is 0 Å². The Morgan fingerprint density at radius 1 is 1.33 bits per heavy atom. The molecule has 3 saturated heterocycles. The van der Waals surface area contributed by atoms with Crippen LogP contribution in [0.5, 0.6) is 0 Å². The van der Waals surface area contributed by atoms with Gasteiger partial charge in [-0.2, -0.15) is 13.5 Å². The second-order valence-corrected chi connectivity index (χ2v) is 7.63. The van der Waals surface area contributed by atoms with Crippen molar-refractivity contribution in [3.05, 3.63) is 0 Å². The predicted octanol–water partition coefficient (Wildman–Crippen LogP) is -0.559. The first-order valence-corrected chi connectivity index (χ1v) is 9.39. The lowest BCUT2D eigenvalue weighted by atomic mass is 9.99. The van der Waals surface area contributed by atoms with Gasteiger partial charge >= 0.3 is 16.4 Å². The molecule has 2 amide bonds. The molecule has 3 fully saturated rings. The third kappa shape index (κ3) is 3.63. The number of hydroxylamine groups is 2. The van der Waals surface area contributed by atoms with Crippen LogP contribution in [0.3, 0.4) is 0 Å². The Hall–Kier alpha value is -1.43. The van der Waals surface area contributed by atoms with Crippen molar-refractivity contribution < 1.29 is 22.0 Å². The Morgan fingerprint density at radius 2 is 2.08 bits per heavy atom. The Kier molecular flexibility index (Phi) is 4.69. The molecule has 0 radical (unpaired) electrons. The summed E-state index contributed by atoms with van der Waals surface area (Å²) in [5, 5.41) is 0.719. The summed E-state index contributed by atoms with van der Waals surface area (Å²) in [6.07, 6.45) is 3.14. The van der Waals surface area contributed by atoms with Crippen LogP contribution in [-0.2, 0) is 14.7 Å². The highest BCUT2D eigenvalue weighted by atomic mass is 32.3. The molecule has 0 aliphatic carbocycles. The van der Waals surface area contributed by atoms with Gasteiger partial charge in [0.2, 0.25) is 0 Å². The number of likely N-dealkylation sites (tertiary alicyclic amines) is 1. The van der Waals surface area contributed by atoms with Gasteiger partial charge in [0.25, 0.3) is 0 Å². The van der Waals surface area contributed by atoms with Crippen molar-refractivity contribution in [1.29, 1.82) is 0 Å². The molecular formula is C13H23N5O5S. The summed E-state index contributed by atoms with van der Waals surface area (Å²) >= 11 is 0. The van der Waals surface area contributed by atoms with Crippen LogP contribution < -0.4 is 5.73 Å². The molecule has 3 rings (SSSR count). The molecule has 3 atom stereocenters. The average Bonchev–Trinajstić information content (AvgIpc) is 2.71. The van der Waals surface area contributed by atoms with Crippen LogP contribution in [-0.4, -0.2) is 84.5 Å². The largest absolute Gasteiger partial charge is 0.418 e. The third-order valence-corrected chi connectivity index (χ3v) is 5.12. The number of aliphatic imine (C=N–C) groups is 1. The van der Waals surface area contributed by atoms with Crippen LogP contribution in [0, 0.1) is 0 Å². The first-order valence-electron chi connectivity index (χ1n) is 8.03. The summed E-state index contributed by atoms with van der Waals surface area (Å²) < 4.78 is 35.0. The lowest BCUT2D eigenvalue weighted by Gasteiger charge is -2.32. The van der Waals surface area contributed by atoms with Crippen LogP contribution in [0.25, 0.3) is 0 Å². The second kappa shape index (κ2) is 6.47. The zero-order chi connectivity index (χ0) is 17.5. The molecule has 0 aromatic carbocycles. The molecule has 11 heteroatoms. The van der Waals surface area contributed by atoms with Crippen LogP contribution >= 0.6 is 0 Å². The van der Waals surface area contributed by atoms with Gasteiger partial charge in [-0.15, -0.1) is 4.28 Å². The summed E-state index contributed by atoms with van der Waals surface area (Å²) in [5.74, 6) is 0.399. The van der Waals surface area contributed by atoms with Gasteiger partial charge in [-0.25, -0.2) is 4.79 Å². The van der Waals surface area contributed by atoms with Gasteiger partial charge in [-0.05, 0) is 39.3 Å². The van der Waals surface area contributed by atoms with E-state index in [0.717, 1.165) is 31.0 Å². The third-order valence-electron chi connectivity index (χ3n) is 4.77. The number of amidine groups is 1. The molecule has 3 aliphatic heterocycles. The fraction of sp³-hybridized carbons (Fsp3) is 0.846. The standard InChI is InChI=1S/C13H23N5O5S/c1-16-6-2-3-9(7-16)15-12(14)11-5-4-10-8-17(11)13(19)18(10)23-24(20,21)22/h9-11H,2-8H2,1H3,(H2,14,15)(H,20,21,22)/t9-,10-,11+/m1/s1. The highest BCUT2D eigenvalue weighted by Crippen LogP contribution is 2.31. The summed E-state index contributed by atoms with van der Waals surface area (Å²) in [4.78, 5) is 20.6. The molecule has 136 valence electrons. The topological polar surface area (TPSA) is 129 Å². The van der Waals surface area contributed by atoms with E-state index in [-0.39, 0.29) is 12.1 Å². The smallest absolute Gasteiger partial charge is 0.386 e. The molecule has 0 aromatic heterocycles. The maximum atomic E-state index is 12.4. The summed E-state index contributed by atoms with van der Waals surface area (Å²) in [5.41, 5.74) is 6.15. The van der Waals surface area contributed by atoms with Gasteiger partial charge in [0, 0.05) is 13.1 Å². The summed E-state index contributed by atoms with van der Waals surface area (Å²) in [6, 6.07) is -1.27. The molecule has 10 nitrogen and oxygen atoms in total. The number of rotatable bonds is 4. The fourth-order valence-electron chi connectivity index (χ4n) is 3.68. The summed E-state index contributed by atoms with van der Waals surface area (Å²) in [7, 11) is -2.69. The van der Waals surface area contributed by atoms with Crippen molar-refractivity contribution in [2.75, 3.05) is 26.7 Å².